The minimum atomic E-state index is -3.29. The molecule has 0 radical (unpaired) electrons. The minimum Gasteiger partial charge on any atom is -0.497 e. The molecule has 19 heavy (non-hydrogen) atoms. The van der Waals surface area contributed by atoms with Crippen molar-refractivity contribution < 1.29 is 18.3 Å². The third-order valence-electron chi connectivity index (χ3n) is 2.75. The highest BCUT2D eigenvalue weighted by molar-refractivity contribution is 7.88. The smallest absolute Gasteiger partial charge is 0.211 e. The first-order valence-corrected chi connectivity index (χ1v) is 7.94. The second kappa shape index (κ2) is 6.88. The maximum absolute atomic E-state index is 11.6. The molecule has 0 saturated carbocycles. The van der Waals surface area contributed by atoms with E-state index in [1.165, 1.54) is 4.31 Å². The predicted octanol–water partition coefficient (Wildman–Crippen LogP) is 0.880. The van der Waals surface area contributed by atoms with E-state index < -0.39 is 16.1 Å². The first-order valence-electron chi connectivity index (χ1n) is 6.09. The standard InChI is InChI=1S/C13H21NO4S/c1-11(15)10-14(19(3,16)17)9-8-12-4-6-13(18-2)7-5-12/h4-7,11,15H,8-10H2,1-3H3. The number of nitrogens with zero attached hydrogens (tertiary/aromatic N) is 1. The Hall–Kier alpha value is -1.11. The van der Waals surface area contributed by atoms with E-state index in [1.54, 1.807) is 14.0 Å². The molecule has 0 aromatic heterocycles. The average Bonchev–Trinajstić information content (AvgIpc) is 2.33. The Balaban J connectivity index is 2.65. The second-order valence-electron chi connectivity index (χ2n) is 4.57. The summed E-state index contributed by atoms with van der Waals surface area (Å²) in [5, 5.41) is 9.33. The predicted molar refractivity (Wildman–Crippen MR) is 74.8 cm³/mol. The van der Waals surface area contributed by atoms with Gasteiger partial charge < -0.3 is 9.84 Å². The van der Waals surface area contributed by atoms with E-state index in [0.717, 1.165) is 17.6 Å². The molecule has 1 aromatic carbocycles. The van der Waals surface area contributed by atoms with Crippen LogP contribution in [0.5, 0.6) is 5.75 Å². The molecule has 0 spiro atoms. The zero-order valence-corrected chi connectivity index (χ0v) is 12.4. The highest BCUT2D eigenvalue weighted by atomic mass is 32.2. The molecule has 0 aliphatic rings. The van der Waals surface area contributed by atoms with E-state index in [1.807, 2.05) is 24.3 Å². The summed E-state index contributed by atoms with van der Waals surface area (Å²) < 4.78 is 29.5. The van der Waals surface area contributed by atoms with Gasteiger partial charge in [-0.25, -0.2) is 8.42 Å². The molecule has 0 aliphatic carbocycles. The summed E-state index contributed by atoms with van der Waals surface area (Å²) in [6.07, 6.45) is 1.08. The first kappa shape index (κ1) is 15.9. The van der Waals surface area contributed by atoms with Gasteiger partial charge in [-0.1, -0.05) is 12.1 Å². The third-order valence-corrected chi connectivity index (χ3v) is 4.02. The van der Waals surface area contributed by atoms with Gasteiger partial charge >= 0.3 is 0 Å². The maximum atomic E-state index is 11.6. The van der Waals surface area contributed by atoms with Crippen LogP contribution in [0.4, 0.5) is 0 Å². The van der Waals surface area contributed by atoms with Crippen molar-refractivity contribution in [2.45, 2.75) is 19.4 Å². The second-order valence-corrected chi connectivity index (χ2v) is 6.55. The zero-order valence-electron chi connectivity index (χ0n) is 11.5. The van der Waals surface area contributed by atoms with Gasteiger partial charge in [-0.3, -0.25) is 0 Å². The Morgan fingerprint density at radius 2 is 1.89 bits per heavy atom. The van der Waals surface area contributed by atoms with Crippen LogP contribution >= 0.6 is 0 Å². The molecule has 0 bridgehead atoms. The SMILES string of the molecule is COc1ccc(CCN(CC(C)O)S(C)(=O)=O)cc1. The number of ether oxygens (including phenoxy) is 1. The van der Waals surface area contributed by atoms with Crippen LogP contribution in [0.1, 0.15) is 12.5 Å². The van der Waals surface area contributed by atoms with Crippen LogP contribution in [0, 0.1) is 0 Å². The van der Waals surface area contributed by atoms with Crippen LogP contribution in [0.3, 0.4) is 0 Å². The van der Waals surface area contributed by atoms with E-state index in [2.05, 4.69) is 0 Å². The molecule has 1 N–H and O–H groups in total. The lowest BCUT2D eigenvalue weighted by molar-refractivity contribution is 0.164. The van der Waals surface area contributed by atoms with Crippen molar-refractivity contribution in [3.05, 3.63) is 29.8 Å². The monoisotopic (exact) mass is 287 g/mol. The molecule has 5 nitrogen and oxygen atoms in total. The van der Waals surface area contributed by atoms with Crippen LogP contribution in [-0.4, -0.2) is 50.4 Å². The van der Waals surface area contributed by atoms with Crippen molar-refractivity contribution in [2.24, 2.45) is 0 Å². The molecule has 0 saturated heterocycles. The molecule has 0 aliphatic heterocycles. The molecular formula is C13H21NO4S. The van der Waals surface area contributed by atoms with Crippen molar-refractivity contribution in [1.29, 1.82) is 0 Å². The van der Waals surface area contributed by atoms with Gasteiger partial charge in [0.15, 0.2) is 0 Å². The molecule has 6 heteroatoms. The quantitative estimate of drug-likeness (QED) is 0.808. The number of aliphatic hydroxyl groups excluding tert-OH is 1. The summed E-state index contributed by atoms with van der Waals surface area (Å²) in [6.45, 7) is 2.05. The fraction of sp³-hybridized carbons (Fsp3) is 0.538. The lowest BCUT2D eigenvalue weighted by atomic mass is 10.1. The largest absolute Gasteiger partial charge is 0.497 e. The van der Waals surface area contributed by atoms with Gasteiger partial charge in [0.2, 0.25) is 10.0 Å². The van der Waals surface area contributed by atoms with Gasteiger partial charge in [0.1, 0.15) is 5.75 Å². The summed E-state index contributed by atoms with van der Waals surface area (Å²) in [5.41, 5.74) is 1.03. The highest BCUT2D eigenvalue weighted by Gasteiger charge is 2.18. The van der Waals surface area contributed by atoms with Crippen molar-refractivity contribution in [2.75, 3.05) is 26.5 Å². The highest BCUT2D eigenvalue weighted by Crippen LogP contribution is 2.12. The van der Waals surface area contributed by atoms with Crippen molar-refractivity contribution in [3.8, 4) is 5.75 Å². The summed E-state index contributed by atoms with van der Waals surface area (Å²) in [4.78, 5) is 0. The minimum absolute atomic E-state index is 0.120. The average molecular weight is 287 g/mol. The third kappa shape index (κ3) is 5.59. The van der Waals surface area contributed by atoms with Crippen LogP contribution in [0.15, 0.2) is 24.3 Å². The molecule has 0 amide bonds. The van der Waals surface area contributed by atoms with Gasteiger partial charge in [0, 0.05) is 13.1 Å². The fourth-order valence-corrected chi connectivity index (χ4v) is 2.64. The summed E-state index contributed by atoms with van der Waals surface area (Å²) in [6, 6.07) is 7.49. The number of hydrogen-bond acceptors (Lipinski definition) is 4. The number of methoxy groups -OCH3 is 1. The molecule has 0 fully saturated rings. The van der Waals surface area contributed by atoms with Crippen molar-refractivity contribution >= 4 is 10.0 Å². The van der Waals surface area contributed by atoms with Crippen molar-refractivity contribution in [3.63, 3.8) is 0 Å². The molecule has 108 valence electrons. The first-order chi connectivity index (χ1) is 8.82. The van der Waals surface area contributed by atoms with Gasteiger partial charge in [-0.15, -0.1) is 0 Å². The summed E-state index contributed by atoms with van der Waals surface area (Å²) in [5.74, 6) is 0.771. The summed E-state index contributed by atoms with van der Waals surface area (Å²) in [7, 11) is -1.69. The Labute approximate surface area is 114 Å². The number of aliphatic hydroxyl groups is 1. The summed E-state index contributed by atoms with van der Waals surface area (Å²) >= 11 is 0. The number of hydrogen-bond donors (Lipinski definition) is 1. The van der Waals surface area contributed by atoms with Gasteiger partial charge in [0.05, 0.1) is 19.5 Å². The number of sulfonamides is 1. The zero-order chi connectivity index (χ0) is 14.5. The van der Waals surface area contributed by atoms with Crippen molar-refractivity contribution in [1.82, 2.24) is 4.31 Å². The Morgan fingerprint density at radius 1 is 1.32 bits per heavy atom. The molecule has 1 unspecified atom stereocenters. The van der Waals surface area contributed by atoms with E-state index in [4.69, 9.17) is 4.74 Å². The van der Waals surface area contributed by atoms with Crippen LogP contribution in [-0.2, 0) is 16.4 Å². The van der Waals surface area contributed by atoms with E-state index in [0.29, 0.717) is 13.0 Å². The van der Waals surface area contributed by atoms with E-state index in [-0.39, 0.29) is 6.54 Å². The Morgan fingerprint density at radius 3 is 2.32 bits per heavy atom. The van der Waals surface area contributed by atoms with E-state index in [9.17, 15) is 13.5 Å². The lowest BCUT2D eigenvalue weighted by Gasteiger charge is -2.21. The Bertz CT molecular complexity index is 482. The van der Waals surface area contributed by atoms with Gasteiger partial charge in [-0.05, 0) is 31.0 Å². The van der Waals surface area contributed by atoms with E-state index >= 15 is 0 Å². The molecule has 1 atom stereocenters. The number of rotatable bonds is 7. The number of benzene rings is 1. The van der Waals surface area contributed by atoms with Gasteiger partial charge in [-0.2, -0.15) is 4.31 Å². The van der Waals surface area contributed by atoms with Crippen LogP contribution in [0.25, 0.3) is 0 Å². The molecule has 0 heterocycles. The molecule has 1 rings (SSSR count). The fourth-order valence-electron chi connectivity index (χ4n) is 1.73. The van der Waals surface area contributed by atoms with Crippen LogP contribution in [0.2, 0.25) is 0 Å². The topological polar surface area (TPSA) is 66.8 Å². The molecular weight excluding hydrogens is 266 g/mol. The normalized spacial score (nSPS) is 13.5. The Kier molecular flexibility index (Phi) is 5.78. The molecule has 1 aromatic rings. The maximum Gasteiger partial charge on any atom is 0.211 e. The lowest BCUT2D eigenvalue weighted by Crippen LogP contribution is -2.37. The van der Waals surface area contributed by atoms with Crippen LogP contribution < -0.4 is 4.74 Å². The van der Waals surface area contributed by atoms with Gasteiger partial charge in [0.25, 0.3) is 0 Å².